The van der Waals surface area contributed by atoms with Crippen molar-refractivity contribution in [3.63, 3.8) is 0 Å². The number of para-hydroxylation sites is 1. The Hall–Kier alpha value is -2.85. The lowest BCUT2D eigenvalue weighted by atomic mass is 10.1. The lowest BCUT2D eigenvalue weighted by Crippen LogP contribution is -2.24. The highest BCUT2D eigenvalue weighted by Gasteiger charge is 2.24. The smallest absolute Gasteiger partial charge is 0.338 e. The van der Waals surface area contributed by atoms with Crippen LogP contribution in [0.3, 0.4) is 0 Å². The average Bonchev–Trinajstić information content (AvgIpc) is 2.96. The molecule has 0 radical (unpaired) electrons. The summed E-state index contributed by atoms with van der Waals surface area (Å²) >= 11 is 5.83. The maximum atomic E-state index is 12.9. The molecule has 5 heteroatoms. The zero-order chi connectivity index (χ0) is 19.6. The van der Waals surface area contributed by atoms with Gasteiger partial charge in [0, 0.05) is 27.7 Å². The maximum absolute atomic E-state index is 12.9. The van der Waals surface area contributed by atoms with E-state index in [9.17, 15) is 9.59 Å². The van der Waals surface area contributed by atoms with Gasteiger partial charge in [-0.3, -0.25) is 4.79 Å². The zero-order valence-electron chi connectivity index (χ0n) is 15.4. The number of hydrogen-bond donors (Lipinski definition) is 0. The molecule has 138 valence electrons. The topological polar surface area (TPSA) is 48.3 Å². The Kier molecular flexibility index (Phi) is 5.47. The molecule has 0 fully saturated rings. The summed E-state index contributed by atoms with van der Waals surface area (Å²) in [6.07, 6.45) is -0.891. The first-order valence-corrected chi connectivity index (χ1v) is 9.01. The third-order valence-electron chi connectivity index (χ3n) is 4.44. The third kappa shape index (κ3) is 3.96. The van der Waals surface area contributed by atoms with Gasteiger partial charge in [-0.05, 0) is 63.2 Å². The number of Topliss-reactive ketones (excluding diaryl/α,β-unsaturated/α-hetero) is 1. The van der Waals surface area contributed by atoms with E-state index in [2.05, 4.69) is 0 Å². The SMILES string of the molecule is Cc1cc(C(=O)[C@H](C)OC(=O)c2ccc(Cl)cc2)c(C)n1-c1ccccc1. The van der Waals surface area contributed by atoms with E-state index in [4.69, 9.17) is 16.3 Å². The highest BCUT2D eigenvalue weighted by atomic mass is 35.5. The zero-order valence-corrected chi connectivity index (χ0v) is 16.2. The molecule has 0 aliphatic carbocycles. The molecule has 1 atom stereocenters. The summed E-state index contributed by atoms with van der Waals surface area (Å²) in [7, 11) is 0. The number of aryl methyl sites for hydroxylation is 1. The van der Waals surface area contributed by atoms with Gasteiger partial charge in [-0.15, -0.1) is 0 Å². The van der Waals surface area contributed by atoms with Crippen LogP contribution >= 0.6 is 11.6 Å². The van der Waals surface area contributed by atoms with Crippen LogP contribution in [-0.4, -0.2) is 22.4 Å². The van der Waals surface area contributed by atoms with Crippen molar-refractivity contribution in [3.05, 3.63) is 88.2 Å². The van der Waals surface area contributed by atoms with Crippen LogP contribution in [0.1, 0.15) is 39.0 Å². The minimum absolute atomic E-state index is 0.229. The van der Waals surface area contributed by atoms with Crippen molar-refractivity contribution in [2.24, 2.45) is 0 Å². The van der Waals surface area contributed by atoms with Crippen molar-refractivity contribution >= 4 is 23.4 Å². The number of hydrogen-bond acceptors (Lipinski definition) is 3. The summed E-state index contributed by atoms with van der Waals surface area (Å²) in [5.74, 6) is -0.781. The molecule has 0 bridgehead atoms. The number of ether oxygens (including phenoxy) is 1. The van der Waals surface area contributed by atoms with Crippen LogP contribution in [0.2, 0.25) is 5.02 Å². The summed E-state index contributed by atoms with van der Waals surface area (Å²) in [4.78, 5) is 25.1. The van der Waals surface area contributed by atoms with Crippen molar-refractivity contribution in [3.8, 4) is 5.69 Å². The summed E-state index contributed by atoms with van der Waals surface area (Å²) in [5.41, 5.74) is 3.65. The van der Waals surface area contributed by atoms with Crippen molar-refractivity contribution in [2.45, 2.75) is 26.9 Å². The highest BCUT2D eigenvalue weighted by Crippen LogP contribution is 2.22. The average molecular weight is 382 g/mol. The van der Waals surface area contributed by atoms with Crippen LogP contribution < -0.4 is 0 Å². The molecule has 2 aromatic carbocycles. The van der Waals surface area contributed by atoms with Crippen molar-refractivity contribution in [2.75, 3.05) is 0 Å². The van der Waals surface area contributed by atoms with E-state index in [0.717, 1.165) is 17.1 Å². The molecule has 0 saturated carbocycles. The fourth-order valence-electron chi connectivity index (χ4n) is 3.07. The van der Waals surface area contributed by atoms with Crippen LogP contribution in [0.4, 0.5) is 0 Å². The number of rotatable bonds is 5. The molecule has 4 nitrogen and oxygen atoms in total. The molecular formula is C22H20ClNO3. The molecule has 0 aliphatic rings. The second kappa shape index (κ2) is 7.80. The van der Waals surface area contributed by atoms with E-state index in [0.29, 0.717) is 16.1 Å². The van der Waals surface area contributed by atoms with Gasteiger partial charge in [0.25, 0.3) is 0 Å². The first-order chi connectivity index (χ1) is 12.9. The van der Waals surface area contributed by atoms with Crippen molar-refractivity contribution in [1.82, 2.24) is 4.57 Å². The van der Waals surface area contributed by atoms with Gasteiger partial charge >= 0.3 is 5.97 Å². The van der Waals surface area contributed by atoms with Gasteiger partial charge in [-0.1, -0.05) is 29.8 Å². The third-order valence-corrected chi connectivity index (χ3v) is 4.70. The van der Waals surface area contributed by atoms with Gasteiger partial charge in [0.05, 0.1) is 5.56 Å². The number of halogens is 1. The molecule has 27 heavy (non-hydrogen) atoms. The molecule has 1 aromatic heterocycles. The Bertz CT molecular complexity index is 975. The number of benzene rings is 2. The minimum Gasteiger partial charge on any atom is -0.451 e. The fourth-order valence-corrected chi connectivity index (χ4v) is 3.20. The van der Waals surface area contributed by atoms with E-state index in [1.807, 2.05) is 54.8 Å². The van der Waals surface area contributed by atoms with Crippen LogP contribution in [-0.2, 0) is 4.74 Å². The Balaban J connectivity index is 1.81. The number of carbonyl (C=O) groups is 2. The first kappa shape index (κ1) is 18.9. The summed E-state index contributed by atoms with van der Waals surface area (Å²) < 4.78 is 7.38. The Morgan fingerprint density at radius 1 is 1.00 bits per heavy atom. The van der Waals surface area contributed by atoms with Crippen molar-refractivity contribution in [1.29, 1.82) is 0 Å². The second-order valence-electron chi connectivity index (χ2n) is 6.37. The predicted octanol–water partition coefficient (Wildman–Crippen LogP) is 5.18. The lowest BCUT2D eigenvalue weighted by molar-refractivity contribution is 0.0318. The van der Waals surface area contributed by atoms with Gasteiger partial charge in [-0.25, -0.2) is 4.79 Å². The number of carbonyl (C=O) groups excluding carboxylic acids is 2. The van der Waals surface area contributed by atoms with Crippen LogP contribution in [0, 0.1) is 13.8 Å². The molecule has 0 saturated heterocycles. The van der Waals surface area contributed by atoms with Gasteiger partial charge in [-0.2, -0.15) is 0 Å². The Morgan fingerprint density at radius 3 is 2.26 bits per heavy atom. The molecule has 1 heterocycles. The molecule has 0 aliphatic heterocycles. The largest absolute Gasteiger partial charge is 0.451 e. The normalized spacial score (nSPS) is 11.9. The van der Waals surface area contributed by atoms with E-state index >= 15 is 0 Å². The van der Waals surface area contributed by atoms with Crippen LogP contribution in [0.15, 0.2) is 60.7 Å². The molecule has 0 amide bonds. The molecule has 3 rings (SSSR count). The molecule has 0 unspecified atom stereocenters. The van der Waals surface area contributed by atoms with Gasteiger partial charge < -0.3 is 9.30 Å². The van der Waals surface area contributed by atoms with Crippen LogP contribution in [0.5, 0.6) is 0 Å². The minimum atomic E-state index is -0.891. The first-order valence-electron chi connectivity index (χ1n) is 8.63. The predicted molar refractivity (Wildman–Crippen MR) is 106 cm³/mol. The van der Waals surface area contributed by atoms with Gasteiger partial charge in [0.15, 0.2) is 6.10 Å². The molecule has 0 N–H and O–H groups in total. The van der Waals surface area contributed by atoms with Gasteiger partial charge in [0.1, 0.15) is 0 Å². The highest BCUT2D eigenvalue weighted by molar-refractivity contribution is 6.30. The Morgan fingerprint density at radius 2 is 1.63 bits per heavy atom. The second-order valence-corrected chi connectivity index (χ2v) is 6.81. The number of aromatic nitrogens is 1. The van der Waals surface area contributed by atoms with Gasteiger partial charge in [0.2, 0.25) is 5.78 Å². The Labute approximate surface area is 163 Å². The fraction of sp³-hybridized carbons (Fsp3) is 0.182. The quantitative estimate of drug-likeness (QED) is 0.452. The van der Waals surface area contributed by atoms with E-state index in [-0.39, 0.29) is 5.78 Å². The van der Waals surface area contributed by atoms with E-state index in [1.54, 1.807) is 31.2 Å². The standard InChI is InChI=1S/C22H20ClNO3/c1-14-13-20(15(2)24(14)19-7-5-4-6-8-19)21(25)16(3)27-22(26)17-9-11-18(23)12-10-17/h4-13,16H,1-3H3/t16-/m0/s1. The van der Waals surface area contributed by atoms with Crippen molar-refractivity contribution < 1.29 is 14.3 Å². The molecular weight excluding hydrogens is 362 g/mol. The van der Waals surface area contributed by atoms with Crippen LogP contribution in [0.25, 0.3) is 5.69 Å². The molecule has 0 spiro atoms. The number of nitrogens with zero attached hydrogens (tertiary/aromatic N) is 1. The summed E-state index contributed by atoms with van der Waals surface area (Å²) in [5, 5.41) is 0.532. The van der Waals surface area contributed by atoms with E-state index < -0.39 is 12.1 Å². The monoisotopic (exact) mass is 381 g/mol. The molecule has 3 aromatic rings. The van der Waals surface area contributed by atoms with E-state index in [1.165, 1.54) is 0 Å². The summed E-state index contributed by atoms with van der Waals surface area (Å²) in [6.45, 7) is 5.42. The maximum Gasteiger partial charge on any atom is 0.338 e. The number of ketones is 1. The number of esters is 1. The summed E-state index contributed by atoms with van der Waals surface area (Å²) in [6, 6.07) is 18.0. The lowest BCUT2D eigenvalue weighted by Gasteiger charge is -2.13.